The normalized spacial score (nSPS) is 10.9. The summed E-state index contributed by atoms with van der Waals surface area (Å²) in [4.78, 5) is 19.7. The fourth-order valence-corrected chi connectivity index (χ4v) is 1.86. The largest absolute Gasteiger partial charge is 0.508 e. The molecule has 0 fully saturated rings. The van der Waals surface area contributed by atoms with Crippen LogP contribution in [0.1, 0.15) is 10.4 Å². The summed E-state index contributed by atoms with van der Waals surface area (Å²) in [7, 11) is 0. The zero-order valence-electron chi connectivity index (χ0n) is 9.16. The van der Waals surface area contributed by atoms with Crippen molar-refractivity contribution in [1.29, 1.82) is 0 Å². The van der Waals surface area contributed by atoms with Crippen molar-refractivity contribution >= 4 is 28.0 Å². The number of aromatic nitrogens is 2. The molecule has 0 aliphatic carbocycles. The van der Waals surface area contributed by atoms with Crippen LogP contribution in [-0.4, -0.2) is 26.2 Å². The second-order valence-electron chi connectivity index (χ2n) is 3.88. The van der Waals surface area contributed by atoms with Crippen LogP contribution in [0, 0.1) is 0 Å². The van der Waals surface area contributed by atoms with Gasteiger partial charge in [0.2, 0.25) is 0 Å². The van der Waals surface area contributed by atoms with Crippen LogP contribution >= 0.6 is 0 Å². The minimum absolute atomic E-state index is 0.102. The van der Waals surface area contributed by atoms with Gasteiger partial charge < -0.3 is 10.2 Å². The van der Waals surface area contributed by atoms with Gasteiger partial charge in [-0.2, -0.15) is 0 Å². The minimum atomic E-state index is -1.03. The number of rotatable bonds is 1. The molecule has 0 bridgehead atoms. The average Bonchev–Trinajstić information content (AvgIpc) is 2.35. The molecule has 1 aromatic heterocycles. The number of aromatic carboxylic acids is 1. The molecule has 0 unspecified atom stereocenters. The van der Waals surface area contributed by atoms with Gasteiger partial charge in [0.15, 0.2) is 0 Å². The van der Waals surface area contributed by atoms with Crippen molar-refractivity contribution in [3.63, 3.8) is 0 Å². The molecule has 88 valence electrons. The third kappa shape index (κ3) is 1.53. The standard InChI is InChI=1S/C13H8N2O3/c16-7-4-5-9-11(6-7)14-10-3-1-2-8(13(17)18)12(10)15-9/h1-6,16H,(H,17,18). The highest BCUT2D eigenvalue weighted by atomic mass is 16.4. The maximum absolute atomic E-state index is 11.1. The smallest absolute Gasteiger partial charge is 0.337 e. The predicted octanol–water partition coefficient (Wildman–Crippen LogP) is 2.19. The number of fused-ring (bicyclic) bond motifs is 2. The third-order valence-corrected chi connectivity index (χ3v) is 2.68. The van der Waals surface area contributed by atoms with Gasteiger partial charge in [-0.3, -0.25) is 0 Å². The molecule has 5 nitrogen and oxygen atoms in total. The summed E-state index contributed by atoms with van der Waals surface area (Å²) in [6.45, 7) is 0. The van der Waals surface area contributed by atoms with Crippen molar-refractivity contribution in [2.75, 3.05) is 0 Å². The molecular weight excluding hydrogens is 232 g/mol. The Hall–Kier alpha value is -2.69. The van der Waals surface area contributed by atoms with Gasteiger partial charge in [-0.05, 0) is 24.3 Å². The van der Waals surface area contributed by atoms with Gasteiger partial charge in [-0.15, -0.1) is 0 Å². The molecule has 0 atom stereocenters. The second-order valence-corrected chi connectivity index (χ2v) is 3.88. The van der Waals surface area contributed by atoms with Gasteiger partial charge in [-0.25, -0.2) is 14.8 Å². The monoisotopic (exact) mass is 240 g/mol. The summed E-state index contributed by atoms with van der Waals surface area (Å²) in [6, 6.07) is 9.40. The Morgan fingerprint density at radius 2 is 1.83 bits per heavy atom. The SMILES string of the molecule is O=C(O)c1cccc2nc3cc(O)ccc3nc12. The van der Waals surface area contributed by atoms with Crippen molar-refractivity contribution < 1.29 is 15.0 Å². The maximum Gasteiger partial charge on any atom is 0.337 e. The third-order valence-electron chi connectivity index (χ3n) is 2.68. The van der Waals surface area contributed by atoms with E-state index in [-0.39, 0.29) is 11.3 Å². The van der Waals surface area contributed by atoms with Gasteiger partial charge in [0, 0.05) is 6.07 Å². The van der Waals surface area contributed by atoms with E-state index in [1.807, 2.05) is 0 Å². The molecule has 5 heteroatoms. The zero-order chi connectivity index (χ0) is 12.7. The highest BCUT2D eigenvalue weighted by molar-refractivity contribution is 6.02. The number of nitrogens with zero attached hydrogens (tertiary/aromatic N) is 2. The molecule has 0 saturated carbocycles. The Morgan fingerprint density at radius 3 is 2.61 bits per heavy atom. The van der Waals surface area contributed by atoms with E-state index in [1.54, 1.807) is 18.2 Å². The van der Waals surface area contributed by atoms with Crippen molar-refractivity contribution in [2.45, 2.75) is 0 Å². The number of aromatic hydroxyl groups is 1. The number of hydrogen-bond acceptors (Lipinski definition) is 4. The lowest BCUT2D eigenvalue weighted by atomic mass is 10.1. The van der Waals surface area contributed by atoms with E-state index in [4.69, 9.17) is 5.11 Å². The van der Waals surface area contributed by atoms with E-state index >= 15 is 0 Å². The summed E-state index contributed by atoms with van der Waals surface area (Å²) in [6.07, 6.45) is 0. The number of carboxylic acid groups (broad SMARTS) is 1. The molecular formula is C13H8N2O3. The minimum Gasteiger partial charge on any atom is -0.508 e. The maximum atomic E-state index is 11.1. The molecule has 1 heterocycles. The first-order valence-corrected chi connectivity index (χ1v) is 5.28. The highest BCUT2D eigenvalue weighted by Crippen LogP contribution is 2.22. The summed E-state index contributed by atoms with van der Waals surface area (Å²) in [5.41, 5.74) is 2.05. The molecule has 0 radical (unpaired) electrons. The quantitative estimate of drug-likeness (QED) is 0.637. The Morgan fingerprint density at radius 1 is 1.00 bits per heavy atom. The van der Waals surface area contributed by atoms with Gasteiger partial charge in [-0.1, -0.05) is 6.07 Å². The molecule has 2 aromatic carbocycles. The van der Waals surface area contributed by atoms with Crippen LogP contribution in [0.3, 0.4) is 0 Å². The summed E-state index contributed by atoms with van der Waals surface area (Å²) in [5.74, 6) is -0.932. The van der Waals surface area contributed by atoms with E-state index in [2.05, 4.69) is 9.97 Å². The first kappa shape index (κ1) is 10.5. The summed E-state index contributed by atoms with van der Waals surface area (Å²) in [5, 5.41) is 18.5. The fraction of sp³-hybridized carbons (Fsp3) is 0. The molecule has 18 heavy (non-hydrogen) atoms. The zero-order valence-corrected chi connectivity index (χ0v) is 9.16. The predicted molar refractivity (Wildman–Crippen MR) is 65.7 cm³/mol. The lowest BCUT2D eigenvalue weighted by Crippen LogP contribution is -2.00. The molecule has 0 amide bonds. The van der Waals surface area contributed by atoms with E-state index in [0.717, 1.165) is 0 Å². The van der Waals surface area contributed by atoms with Gasteiger partial charge >= 0.3 is 5.97 Å². The van der Waals surface area contributed by atoms with Crippen LogP contribution in [0.4, 0.5) is 0 Å². The number of phenolic OH excluding ortho intramolecular Hbond substituents is 1. The first-order valence-electron chi connectivity index (χ1n) is 5.28. The van der Waals surface area contributed by atoms with Crippen molar-refractivity contribution in [1.82, 2.24) is 9.97 Å². The molecule has 0 aliphatic heterocycles. The Balaban J connectivity index is 2.44. The Labute approximate surface area is 101 Å². The van der Waals surface area contributed by atoms with Crippen LogP contribution in [0.15, 0.2) is 36.4 Å². The van der Waals surface area contributed by atoms with Gasteiger partial charge in [0.1, 0.15) is 11.3 Å². The highest BCUT2D eigenvalue weighted by Gasteiger charge is 2.11. The lowest BCUT2D eigenvalue weighted by molar-refractivity contribution is 0.0699. The van der Waals surface area contributed by atoms with Crippen LogP contribution in [0.25, 0.3) is 22.1 Å². The van der Waals surface area contributed by atoms with E-state index < -0.39 is 5.97 Å². The Kier molecular flexibility index (Phi) is 2.13. The van der Waals surface area contributed by atoms with Crippen molar-refractivity contribution in [2.24, 2.45) is 0 Å². The summed E-state index contributed by atoms with van der Waals surface area (Å²) >= 11 is 0. The average molecular weight is 240 g/mol. The van der Waals surface area contributed by atoms with Gasteiger partial charge in [0.05, 0.1) is 22.1 Å². The van der Waals surface area contributed by atoms with E-state index in [1.165, 1.54) is 18.2 Å². The fourth-order valence-electron chi connectivity index (χ4n) is 1.86. The topological polar surface area (TPSA) is 83.3 Å². The second kappa shape index (κ2) is 3.66. The number of para-hydroxylation sites is 1. The number of phenols is 1. The lowest BCUT2D eigenvalue weighted by Gasteiger charge is -2.03. The summed E-state index contributed by atoms with van der Waals surface area (Å²) < 4.78 is 0. The molecule has 0 saturated heterocycles. The van der Waals surface area contributed by atoms with Crippen molar-refractivity contribution in [3.05, 3.63) is 42.0 Å². The molecule has 2 N–H and O–H groups in total. The number of carbonyl (C=O) groups is 1. The first-order chi connectivity index (χ1) is 8.65. The number of hydrogen-bond donors (Lipinski definition) is 2. The van der Waals surface area contributed by atoms with Crippen LogP contribution < -0.4 is 0 Å². The van der Waals surface area contributed by atoms with E-state index in [0.29, 0.717) is 22.1 Å². The van der Waals surface area contributed by atoms with Crippen LogP contribution in [-0.2, 0) is 0 Å². The van der Waals surface area contributed by atoms with Crippen LogP contribution in [0.2, 0.25) is 0 Å². The molecule has 0 spiro atoms. The molecule has 3 rings (SSSR count). The van der Waals surface area contributed by atoms with Gasteiger partial charge in [0.25, 0.3) is 0 Å². The van der Waals surface area contributed by atoms with Crippen LogP contribution in [0.5, 0.6) is 5.75 Å². The molecule has 3 aromatic rings. The Bertz CT molecular complexity index is 784. The molecule has 0 aliphatic rings. The van der Waals surface area contributed by atoms with Crippen molar-refractivity contribution in [3.8, 4) is 5.75 Å². The number of benzene rings is 2. The number of carboxylic acids is 1. The van der Waals surface area contributed by atoms with E-state index in [9.17, 15) is 9.90 Å².